The molecule has 0 unspecified atom stereocenters. The predicted octanol–water partition coefficient (Wildman–Crippen LogP) is 9.10. The Bertz CT molecular complexity index is 1530. The molecule has 0 bridgehead atoms. The van der Waals surface area contributed by atoms with Crippen LogP contribution in [0.3, 0.4) is 0 Å². The second-order valence-corrected chi connectivity index (χ2v) is 8.16. The second kappa shape index (κ2) is 8.29. The summed E-state index contributed by atoms with van der Waals surface area (Å²) in [6, 6.07) is 46.5. The van der Waals surface area contributed by atoms with Crippen molar-refractivity contribution in [2.24, 2.45) is 0 Å². The maximum Gasteiger partial charge on any atom is 0.143 e. The summed E-state index contributed by atoms with van der Waals surface area (Å²) in [5.41, 5.74) is 6.88. The van der Waals surface area contributed by atoms with E-state index in [1.54, 1.807) is 0 Å². The molecular weight excluding hydrogens is 400 g/mol. The van der Waals surface area contributed by atoms with Crippen LogP contribution in [0.2, 0.25) is 0 Å². The van der Waals surface area contributed by atoms with Gasteiger partial charge in [0.15, 0.2) is 0 Å². The van der Waals surface area contributed by atoms with Gasteiger partial charge in [-0.1, -0.05) is 127 Å². The van der Waals surface area contributed by atoms with Gasteiger partial charge in [0.1, 0.15) is 11.5 Å². The molecule has 1 nitrogen and oxygen atoms in total. The molecule has 0 saturated carbocycles. The number of fused-ring (bicyclic) bond motifs is 1. The fourth-order valence-corrected chi connectivity index (χ4v) is 4.51. The van der Waals surface area contributed by atoms with Crippen molar-refractivity contribution >= 4 is 10.8 Å². The lowest BCUT2D eigenvalue weighted by atomic mass is 9.92. The summed E-state index contributed by atoms with van der Waals surface area (Å²) >= 11 is 0. The minimum atomic E-state index is 0.904. The third kappa shape index (κ3) is 3.54. The van der Waals surface area contributed by atoms with Gasteiger partial charge in [-0.2, -0.15) is 0 Å². The van der Waals surface area contributed by atoms with E-state index in [0.717, 1.165) is 39.0 Å². The lowest BCUT2D eigenvalue weighted by Gasteiger charge is -2.12. The molecule has 5 aromatic carbocycles. The van der Waals surface area contributed by atoms with Gasteiger partial charge in [0, 0.05) is 21.9 Å². The molecule has 0 radical (unpaired) electrons. The van der Waals surface area contributed by atoms with Gasteiger partial charge in [0.25, 0.3) is 0 Å². The molecule has 33 heavy (non-hydrogen) atoms. The highest BCUT2D eigenvalue weighted by molar-refractivity contribution is 6.05. The molecule has 6 aromatic rings. The van der Waals surface area contributed by atoms with E-state index in [4.69, 9.17) is 4.42 Å². The fraction of sp³-hybridized carbons (Fsp3) is 0. The first-order valence-electron chi connectivity index (χ1n) is 11.2. The summed E-state index contributed by atoms with van der Waals surface area (Å²) in [5.74, 6) is 1.81. The van der Waals surface area contributed by atoms with Crippen molar-refractivity contribution in [2.75, 3.05) is 0 Å². The Balaban J connectivity index is 1.64. The fourth-order valence-electron chi connectivity index (χ4n) is 4.51. The van der Waals surface area contributed by atoms with Crippen LogP contribution in [0.4, 0.5) is 0 Å². The van der Waals surface area contributed by atoms with Crippen LogP contribution in [0.25, 0.3) is 55.7 Å². The minimum Gasteiger partial charge on any atom is -0.455 e. The largest absolute Gasteiger partial charge is 0.455 e. The topological polar surface area (TPSA) is 13.1 Å². The summed E-state index contributed by atoms with van der Waals surface area (Å²) < 4.78 is 6.69. The number of furan rings is 1. The van der Waals surface area contributed by atoms with Crippen LogP contribution in [-0.4, -0.2) is 0 Å². The second-order valence-electron chi connectivity index (χ2n) is 8.16. The van der Waals surface area contributed by atoms with Gasteiger partial charge >= 0.3 is 0 Å². The molecule has 1 aromatic heterocycles. The maximum atomic E-state index is 6.69. The van der Waals surface area contributed by atoms with Crippen LogP contribution in [0, 0.1) is 0 Å². The van der Waals surface area contributed by atoms with Crippen molar-refractivity contribution in [3.05, 3.63) is 133 Å². The molecule has 0 atom stereocenters. The van der Waals surface area contributed by atoms with E-state index < -0.39 is 0 Å². The average Bonchev–Trinajstić information content (AvgIpc) is 3.30. The predicted molar refractivity (Wildman–Crippen MR) is 138 cm³/mol. The average molecular weight is 423 g/mol. The lowest BCUT2D eigenvalue weighted by molar-refractivity contribution is 0.602. The van der Waals surface area contributed by atoms with Gasteiger partial charge in [-0.15, -0.1) is 0 Å². The first kappa shape index (κ1) is 19.3. The molecule has 6 rings (SSSR count). The third-order valence-corrected chi connectivity index (χ3v) is 6.11. The Kier molecular flexibility index (Phi) is 4.86. The maximum absolute atomic E-state index is 6.69. The summed E-state index contributed by atoms with van der Waals surface area (Å²) in [4.78, 5) is 0. The summed E-state index contributed by atoms with van der Waals surface area (Å²) in [6.07, 6.45) is 0. The third-order valence-electron chi connectivity index (χ3n) is 6.11. The van der Waals surface area contributed by atoms with E-state index in [0.29, 0.717) is 0 Å². The van der Waals surface area contributed by atoms with Gasteiger partial charge in [0.2, 0.25) is 0 Å². The van der Waals surface area contributed by atoms with Crippen molar-refractivity contribution in [1.29, 1.82) is 0 Å². The first-order valence-corrected chi connectivity index (χ1v) is 11.2. The molecule has 0 aliphatic rings. The van der Waals surface area contributed by atoms with E-state index in [1.165, 1.54) is 16.7 Å². The standard InChI is InChI=1S/C32H22O/c1-4-12-23(13-5-1)26-20-21-27(24-14-6-2-7-15-24)30(22-26)32-29-19-11-10-18-28(29)31(33-32)25-16-8-3-9-17-25/h1-22H. The Labute approximate surface area is 193 Å². The summed E-state index contributed by atoms with van der Waals surface area (Å²) in [5, 5.41) is 2.25. The summed E-state index contributed by atoms with van der Waals surface area (Å²) in [7, 11) is 0. The van der Waals surface area contributed by atoms with Gasteiger partial charge in [-0.25, -0.2) is 0 Å². The van der Waals surface area contributed by atoms with Crippen molar-refractivity contribution in [3.63, 3.8) is 0 Å². The number of hydrogen-bond donors (Lipinski definition) is 0. The number of hydrogen-bond acceptors (Lipinski definition) is 1. The van der Waals surface area contributed by atoms with Gasteiger partial charge in [0.05, 0.1) is 0 Å². The van der Waals surface area contributed by atoms with E-state index in [2.05, 4.69) is 127 Å². The zero-order valence-corrected chi connectivity index (χ0v) is 18.1. The molecule has 0 spiro atoms. The van der Waals surface area contributed by atoms with E-state index in [1.807, 2.05) is 6.07 Å². The Morgan fingerprint density at radius 1 is 0.333 bits per heavy atom. The first-order chi connectivity index (χ1) is 16.4. The molecule has 1 heterocycles. The van der Waals surface area contributed by atoms with Crippen LogP contribution >= 0.6 is 0 Å². The van der Waals surface area contributed by atoms with Crippen molar-refractivity contribution < 1.29 is 4.42 Å². The molecular formula is C32H22O. The van der Waals surface area contributed by atoms with E-state index in [-0.39, 0.29) is 0 Å². The zero-order valence-electron chi connectivity index (χ0n) is 18.1. The van der Waals surface area contributed by atoms with Gasteiger partial charge < -0.3 is 4.42 Å². The van der Waals surface area contributed by atoms with Crippen LogP contribution in [0.15, 0.2) is 138 Å². The molecule has 0 aliphatic heterocycles. The smallest absolute Gasteiger partial charge is 0.143 e. The van der Waals surface area contributed by atoms with Crippen LogP contribution in [-0.2, 0) is 0 Å². The Hall–Kier alpha value is -4.36. The highest BCUT2D eigenvalue weighted by Gasteiger charge is 2.19. The van der Waals surface area contributed by atoms with Crippen molar-refractivity contribution in [2.45, 2.75) is 0 Å². The SMILES string of the molecule is c1ccc(-c2ccc(-c3ccccc3)c(-c3oc(-c4ccccc4)c4ccccc34)c2)cc1. The Morgan fingerprint density at radius 2 is 0.848 bits per heavy atom. The van der Waals surface area contributed by atoms with E-state index in [9.17, 15) is 0 Å². The zero-order chi connectivity index (χ0) is 22.0. The molecule has 0 amide bonds. The molecule has 0 saturated heterocycles. The van der Waals surface area contributed by atoms with Crippen LogP contribution in [0.5, 0.6) is 0 Å². The molecule has 0 fully saturated rings. The quantitative estimate of drug-likeness (QED) is 0.276. The molecule has 0 aliphatic carbocycles. The normalized spacial score (nSPS) is 11.0. The van der Waals surface area contributed by atoms with Gasteiger partial charge in [-0.3, -0.25) is 0 Å². The van der Waals surface area contributed by atoms with Crippen LogP contribution in [0.1, 0.15) is 0 Å². The highest BCUT2D eigenvalue weighted by Crippen LogP contribution is 2.43. The van der Waals surface area contributed by atoms with E-state index >= 15 is 0 Å². The lowest BCUT2D eigenvalue weighted by Crippen LogP contribution is -1.87. The van der Waals surface area contributed by atoms with Crippen molar-refractivity contribution in [3.8, 4) is 44.9 Å². The number of rotatable bonds is 4. The molecule has 1 heteroatoms. The van der Waals surface area contributed by atoms with Crippen LogP contribution < -0.4 is 0 Å². The number of benzene rings is 5. The van der Waals surface area contributed by atoms with Gasteiger partial charge in [-0.05, 0) is 28.3 Å². The van der Waals surface area contributed by atoms with Crippen molar-refractivity contribution in [1.82, 2.24) is 0 Å². The monoisotopic (exact) mass is 422 g/mol. The molecule has 0 N–H and O–H groups in total. The summed E-state index contributed by atoms with van der Waals surface area (Å²) in [6.45, 7) is 0. The minimum absolute atomic E-state index is 0.904. The highest BCUT2D eigenvalue weighted by atomic mass is 16.3. The Morgan fingerprint density at radius 3 is 1.48 bits per heavy atom. The molecule has 156 valence electrons.